The maximum Gasteiger partial charge on any atom is 0.241 e. The lowest BCUT2D eigenvalue weighted by atomic mass is 10.2. The van der Waals surface area contributed by atoms with Crippen molar-refractivity contribution >= 4 is 21.4 Å². The van der Waals surface area contributed by atoms with Gasteiger partial charge in [0.1, 0.15) is 5.01 Å². The van der Waals surface area contributed by atoms with E-state index < -0.39 is 10.0 Å². The summed E-state index contributed by atoms with van der Waals surface area (Å²) in [5.74, 6) is 0. The van der Waals surface area contributed by atoms with Crippen LogP contribution in [0.5, 0.6) is 0 Å². The van der Waals surface area contributed by atoms with Crippen LogP contribution < -0.4 is 10.5 Å². The number of nitrogens with one attached hydrogen (secondary N) is 1. The van der Waals surface area contributed by atoms with Crippen molar-refractivity contribution in [3.05, 3.63) is 45.9 Å². The molecule has 1 aromatic carbocycles. The van der Waals surface area contributed by atoms with Gasteiger partial charge in [0.15, 0.2) is 0 Å². The van der Waals surface area contributed by atoms with E-state index in [2.05, 4.69) is 9.71 Å². The fourth-order valence-corrected chi connectivity index (χ4v) is 3.81. The van der Waals surface area contributed by atoms with Crippen molar-refractivity contribution in [2.24, 2.45) is 5.73 Å². The zero-order valence-corrected chi connectivity index (χ0v) is 13.0. The number of aromatic nitrogens is 1. The van der Waals surface area contributed by atoms with Gasteiger partial charge in [-0.15, -0.1) is 11.3 Å². The van der Waals surface area contributed by atoms with Crippen molar-refractivity contribution in [2.75, 3.05) is 0 Å². The Labute approximate surface area is 122 Å². The first-order valence-corrected chi connectivity index (χ1v) is 8.52. The molecule has 1 aromatic heterocycles. The van der Waals surface area contributed by atoms with Crippen LogP contribution in [0, 0.1) is 6.92 Å². The van der Waals surface area contributed by atoms with Crippen LogP contribution in [-0.2, 0) is 16.6 Å². The van der Waals surface area contributed by atoms with E-state index >= 15 is 0 Å². The largest absolute Gasteiger partial charge is 0.326 e. The fraction of sp³-hybridized carbons (Fsp3) is 0.308. The molecule has 20 heavy (non-hydrogen) atoms. The summed E-state index contributed by atoms with van der Waals surface area (Å²) in [4.78, 5) is 4.52. The predicted octanol–water partition coefficient (Wildman–Crippen LogP) is 1.95. The van der Waals surface area contributed by atoms with Crippen molar-refractivity contribution in [2.45, 2.75) is 31.3 Å². The van der Waals surface area contributed by atoms with Crippen LogP contribution in [0.2, 0.25) is 0 Å². The van der Waals surface area contributed by atoms with Gasteiger partial charge in [-0.3, -0.25) is 0 Å². The summed E-state index contributed by atoms with van der Waals surface area (Å²) in [6.45, 7) is 4.05. The molecule has 2 rings (SSSR count). The molecule has 1 unspecified atom stereocenters. The number of hydrogen-bond acceptors (Lipinski definition) is 5. The van der Waals surface area contributed by atoms with Crippen LogP contribution >= 0.6 is 11.3 Å². The predicted molar refractivity (Wildman–Crippen MR) is 79.9 cm³/mol. The average molecular weight is 311 g/mol. The lowest BCUT2D eigenvalue weighted by Crippen LogP contribution is -2.26. The molecule has 108 valence electrons. The molecule has 0 bridgehead atoms. The van der Waals surface area contributed by atoms with Gasteiger partial charge >= 0.3 is 0 Å². The van der Waals surface area contributed by atoms with Crippen molar-refractivity contribution in [3.8, 4) is 0 Å². The van der Waals surface area contributed by atoms with Crippen molar-refractivity contribution in [3.63, 3.8) is 0 Å². The highest BCUT2D eigenvalue weighted by Crippen LogP contribution is 2.20. The lowest BCUT2D eigenvalue weighted by Gasteiger charge is -2.12. The number of thiazole rings is 1. The normalized spacial score (nSPS) is 13.3. The quantitative estimate of drug-likeness (QED) is 0.884. The molecule has 0 spiro atoms. The Morgan fingerprint density at radius 1 is 1.35 bits per heavy atom. The molecule has 0 radical (unpaired) electrons. The van der Waals surface area contributed by atoms with E-state index in [1.165, 1.54) is 11.3 Å². The van der Waals surface area contributed by atoms with Crippen molar-refractivity contribution in [1.82, 2.24) is 9.71 Å². The molecule has 0 aliphatic rings. The minimum atomic E-state index is -3.55. The highest BCUT2D eigenvalue weighted by molar-refractivity contribution is 7.89. The maximum atomic E-state index is 12.3. The van der Waals surface area contributed by atoms with Gasteiger partial charge in [-0.25, -0.2) is 18.1 Å². The first kappa shape index (κ1) is 15.1. The molecule has 0 aliphatic carbocycles. The number of benzene rings is 1. The molecule has 0 fully saturated rings. The highest BCUT2D eigenvalue weighted by Gasteiger charge is 2.19. The summed E-state index contributed by atoms with van der Waals surface area (Å²) < 4.78 is 27.1. The monoisotopic (exact) mass is 311 g/mol. The van der Waals surface area contributed by atoms with E-state index in [-0.39, 0.29) is 10.9 Å². The van der Waals surface area contributed by atoms with Crippen LogP contribution in [0.25, 0.3) is 0 Å². The van der Waals surface area contributed by atoms with Gasteiger partial charge < -0.3 is 5.73 Å². The SMILES string of the molecule is Cc1csc(C(C)NS(=O)(=O)c2ccc(CN)cc2)n1. The Bertz CT molecular complexity index is 678. The van der Waals surface area contributed by atoms with Crippen molar-refractivity contribution in [1.29, 1.82) is 0 Å². The first-order chi connectivity index (χ1) is 9.42. The minimum absolute atomic E-state index is 0.231. The van der Waals surface area contributed by atoms with E-state index in [9.17, 15) is 8.42 Å². The molecular weight excluding hydrogens is 294 g/mol. The van der Waals surface area contributed by atoms with Crippen molar-refractivity contribution < 1.29 is 8.42 Å². The number of nitrogens with zero attached hydrogens (tertiary/aromatic N) is 1. The summed E-state index contributed by atoms with van der Waals surface area (Å²) in [7, 11) is -3.55. The van der Waals surface area contributed by atoms with Gasteiger partial charge in [0.2, 0.25) is 10.0 Å². The summed E-state index contributed by atoms with van der Waals surface area (Å²) in [6.07, 6.45) is 0. The third-order valence-electron chi connectivity index (χ3n) is 2.81. The molecule has 2 aromatic rings. The topological polar surface area (TPSA) is 85.1 Å². The van der Waals surface area contributed by atoms with Crippen LogP contribution in [-0.4, -0.2) is 13.4 Å². The molecule has 1 heterocycles. The van der Waals surface area contributed by atoms with Gasteiger partial charge in [-0.1, -0.05) is 12.1 Å². The fourth-order valence-electron chi connectivity index (χ4n) is 1.73. The minimum Gasteiger partial charge on any atom is -0.326 e. The van der Waals surface area contributed by atoms with Gasteiger partial charge in [0.25, 0.3) is 0 Å². The lowest BCUT2D eigenvalue weighted by molar-refractivity contribution is 0.566. The number of aryl methyl sites for hydroxylation is 1. The number of rotatable bonds is 5. The van der Waals surface area contributed by atoms with Crippen LogP contribution in [0.3, 0.4) is 0 Å². The van der Waals surface area contributed by atoms with E-state index in [1.807, 2.05) is 12.3 Å². The Hall–Kier alpha value is -1.28. The number of nitrogens with two attached hydrogens (primary N) is 1. The molecule has 0 aliphatic heterocycles. The standard InChI is InChI=1S/C13H17N3O2S2/c1-9-8-19-13(15-9)10(2)16-20(17,18)12-5-3-11(7-14)4-6-12/h3-6,8,10,16H,7,14H2,1-2H3. The smallest absolute Gasteiger partial charge is 0.241 e. The zero-order valence-electron chi connectivity index (χ0n) is 11.3. The Morgan fingerprint density at radius 2 is 2.00 bits per heavy atom. The molecule has 3 N–H and O–H groups in total. The van der Waals surface area contributed by atoms with E-state index in [4.69, 9.17) is 5.73 Å². The maximum absolute atomic E-state index is 12.3. The Balaban J connectivity index is 2.17. The second kappa shape index (κ2) is 6.01. The molecular formula is C13H17N3O2S2. The second-order valence-electron chi connectivity index (χ2n) is 4.52. The summed E-state index contributed by atoms with van der Waals surface area (Å²) in [5, 5.41) is 2.65. The van der Waals surface area contributed by atoms with E-state index in [0.29, 0.717) is 6.54 Å². The second-order valence-corrected chi connectivity index (χ2v) is 7.12. The summed E-state index contributed by atoms with van der Waals surface area (Å²) >= 11 is 1.45. The third kappa shape index (κ3) is 3.43. The van der Waals surface area contributed by atoms with Gasteiger partial charge in [-0.05, 0) is 31.5 Å². The average Bonchev–Trinajstić information content (AvgIpc) is 2.85. The van der Waals surface area contributed by atoms with Gasteiger partial charge in [0, 0.05) is 17.6 Å². The molecule has 0 saturated heterocycles. The molecule has 7 heteroatoms. The molecule has 0 amide bonds. The molecule has 1 atom stereocenters. The van der Waals surface area contributed by atoms with E-state index in [0.717, 1.165) is 16.3 Å². The Morgan fingerprint density at radius 3 is 2.50 bits per heavy atom. The molecule has 0 saturated carbocycles. The zero-order chi connectivity index (χ0) is 14.8. The number of hydrogen-bond donors (Lipinski definition) is 2. The summed E-state index contributed by atoms with van der Waals surface area (Å²) in [6, 6.07) is 6.20. The van der Waals surface area contributed by atoms with Gasteiger partial charge in [0.05, 0.1) is 10.9 Å². The Kier molecular flexibility index (Phi) is 4.54. The highest BCUT2D eigenvalue weighted by atomic mass is 32.2. The third-order valence-corrected chi connectivity index (χ3v) is 5.51. The first-order valence-electron chi connectivity index (χ1n) is 6.16. The van der Waals surface area contributed by atoms with Crippen LogP contribution in [0.4, 0.5) is 0 Å². The van der Waals surface area contributed by atoms with Crippen LogP contribution in [0.1, 0.15) is 29.2 Å². The molecule has 5 nitrogen and oxygen atoms in total. The number of sulfonamides is 1. The van der Waals surface area contributed by atoms with Crippen LogP contribution in [0.15, 0.2) is 34.5 Å². The summed E-state index contributed by atoms with van der Waals surface area (Å²) in [5.41, 5.74) is 7.28. The van der Waals surface area contributed by atoms with Gasteiger partial charge in [-0.2, -0.15) is 0 Å². The van der Waals surface area contributed by atoms with E-state index in [1.54, 1.807) is 31.2 Å².